The Labute approximate surface area is 98.4 Å². The van der Waals surface area contributed by atoms with Crippen molar-refractivity contribution in [2.24, 2.45) is 5.92 Å². The van der Waals surface area contributed by atoms with Crippen LogP contribution in [0.4, 0.5) is 0 Å². The Balaban J connectivity index is 1.81. The van der Waals surface area contributed by atoms with E-state index in [4.69, 9.17) is 4.42 Å². The van der Waals surface area contributed by atoms with E-state index >= 15 is 0 Å². The summed E-state index contributed by atoms with van der Waals surface area (Å²) in [5.41, 5.74) is 0. The quantitative estimate of drug-likeness (QED) is 0.841. The Bertz CT molecular complexity index is 318. The maximum Gasteiger partial charge on any atom is 0.117 e. The predicted octanol–water partition coefficient (Wildman–Crippen LogP) is 3.51. The molecular formula is C14H23NO. The first kappa shape index (κ1) is 11.7. The highest BCUT2D eigenvalue weighted by molar-refractivity contribution is 5.07. The Morgan fingerprint density at radius 2 is 2.00 bits per heavy atom. The highest BCUT2D eigenvalue weighted by Gasteiger charge is 2.20. The Kier molecular flexibility index (Phi) is 4.05. The lowest BCUT2D eigenvalue weighted by atomic mass is 9.86. The molecule has 0 aliphatic heterocycles. The Morgan fingerprint density at radius 3 is 2.69 bits per heavy atom. The fourth-order valence-corrected chi connectivity index (χ4v) is 2.56. The summed E-state index contributed by atoms with van der Waals surface area (Å²) in [6, 6.07) is 4.87. The van der Waals surface area contributed by atoms with Crippen molar-refractivity contribution in [2.75, 3.05) is 0 Å². The van der Waals surface area contributed by atoms with Crippen LogP contribution in [0.25, 0.3) is 0 Å². The number of hydrogen-bond donors (Lipinski definition) is 1. The van der Waals surface area contributed by atoms with Crippen molar-refractivity contribution in [3.63, 3.8) is 0 Å². The highest BCUT2D eigenvalue weighted by Crippen LogP contribution is 2.24. The highest BCUT2D eigenvalue weighted by atomic mass is 16.3. The lowest BCUT2D eigenvalue weighted by Crippen LogP contribution is -2.36. The average Bonchev–Trinajstić information content (AvgIpc) is 2.76. The van der Waals surface area contributed by atoms with Crippen molar-refractivity contribution >= 4 is 0 Å². The SMILES string of the molecule is CCc1ccc(CNC2CCCCC2C)o1. The predicted molar refractivity (Wildman–Crippen MR) is 66.3 cm³/mol. The van der Waals surface area contributed by atoms with Gasteiger partial charge in [0.1, 0.15) is 11.5 Å². The molecule has 2 atom stereocenters. The zero-order chi connectivity index (χ0) is 11.4. The molecule has 2 heteroatoms. The van der Waals surface area contributed by atoms with Crippen molar-refractivity contribution < 1.29 is 4.42 Å². The van der Waals surface area contributed by atoms with E-state index in [0.717, 1.165) is 30.4 Å². The molecule has 1 N–H and O–H groups in total. The molecule has 1 aliphatic carbocycles. The second-order valence-electron chi connectivity index (χ2n) is 4.97. The second kappa shape index (κ2) is 5.53. The summed E-state index contributed by atoms with van der Waals surface area (Å²) in [6.45, 7) is 5.37. The summed E-state index contributed by atoms with van der Waals surface area (Å²) >= 11 is 0. The third-order valence-electron chi connectivity index (χ3n) is 3.72. The summed E-state index contributed by atoms with van der Waals surface area (Å²) in [5.74, 6) is 2.98. The van der Waals surface area contributed by atoms with Crippen LogP contribution in [0.5, 0.6) is 0 Å². The van der Waals surface area contributed by atoms with E-state index in [1.807, 2.05) is 0 Å². The van der Waals surface area contributed by atoms with E-state index in [1.165, 1.54) is 25.7 Å². The van der Waals surface area contributed by atoms with Crippen molar-refractivity contribution in [1.29, 1.82) is 0 Å². The van der Waals surface area contributed by atoms with Crippen LogP contribution in [0, 0.1) is 5.92 Å². The molecule has 1 fully saturated rings. The third-order valence-corrected chi connectivity index (χ3v) is 3.72. The van der Waals surface area contributed by atoms with E-state index in [2.05, 4.69) is 31.3 Å². The van der Waals surface area contributed by atoms with E-state index in [1.54, 1.807) is 0 Å². The molecule has 1 aliphatic rings. The van der Waals surface area contributed by atoms with Crippen LogP contribution in [0.15, 0.2) is 16.5 Å². The molecule has 16 heavy (non-hydrogen) atoms. The molecule has 2 nitrogen and oxygen atoms in total. The molecule has 0 saturated heterocycles. The normalized spacial score (nSPS) is 25.9. The van der Waals surface area contributed by atoms with Gasteiger partial charge in [-0.2, -0.15) is 0 Å². The van der Waals surface area contributed by atoms with Gasteiger partial charge in [-0.1, -0.05) is 26.7 Å². The van der Waals surface area contributed by atoms with Gasteiger partial charge < -0.3 is 9.73 Å². The van der Waals surface area contributed by atoms with Crippen LogP contribution >= 0.6 is 0 Å². The zero-order valence-corrected chi connectivity index (χ0v) is 10.5. The van der Waals surface area contributed by atoms with Gasteiger partial charge in [-0.15, -0.1) is 0 Å². The van der Waals surface area contributed by atoms with Crippen molar-refractivity contribution in [3.05, 3.63) is 23.7 Å². The largest absolute Gasteiger partial charge is 0.465 e. The Hall–Kier alpha value is -0.760. The van der Waals surface area contributed by atoms with Crippen molar-refractivity contribution in [3.8, 4) is 0 Å². The van der Waals surface area contributed by atoms with E-state index < -0.39 is 0 Å². The molecule has 0 spiro atoms. The average molecular weight is 221 g/mol. The minimum absolute atomic E-state index is 0.684. The summed E-state index contributed by atoms with van der Waals surface area (Å²) < 4.78 is 5.70. The number of nitrogens with one attached hydrogen (secondary N) is 1. The first-order valence-corrected chi connectivity index (χ1v) is 6.60. The first-order valence-electron chi connectivity index (χ1n) is 6.60. The maximum atomic E-state index is 5.70. The fraction of sp³-hybridized carbons (Fsp3) is 0.714. The van der Waals surface area contributed by atoms with Crippen LogP contribution in [-0.4, -0.2) is 6.04 Å². The molecule has 1 aromatic rings. The molecule has 0 aromatic carbocycles. The van der Waals surface area contributed by atoms with Crippen LogP contribution in [0.1, 0.15) is 51.1 Å². The number of rotatable bonds is 4. The standard InChI is InChI=1S/C14H23NO/c1-3-12-8-9-13(16-12)10-15-14-7-5-4-6-11(14)2/h8-9,11,14-15H,3-7,10H2,1-2H3. The van der Waals surface area contributed by atoms with Gasteiger partial charge in [-0.25, -0.2) is 0 Å². The van der Waals surface area contributed by atoms with Gasteiger partial charge in [0.15, 0.2) is 0 Å². The lowest BCUT2D eigenvalue weighted by molar-refractivity contribution is 0.272. The van der Waals surface area contributed by atoms with Gasteiger partial charge in [0, 0.05) is 12.5 Å². The van der Waals surface area contributed by atoms with Crippen LogP contribution < -0.4 is 5.32 Å². The van der Waals surface area contributed by atoms with Gasteiger partial charge in [0.2, 0.25) is 0 Å². The summed E-state index contributed by atoms with van der Waals surface area (Å²) in [7, 11) is 0. The van der Waals surface area contributed by atoms with Gasteiger partial charge >= 0.3 is 0 Å². The third kappa shape index (κ3) is 2.88. The van der Waals surface area contributed by atoms with E-state index in [9.17, 15) is 0 Å². The molecule has 2 rings (SSSR count). The maximum absolute atomic E-state index is 5.70. The zero-order valence-electron chi connectivity index (χ0n) is 10.5. The van der Waals surface area contributed by atoms with Crippen molar-refractivity contribution in [2.45, 2.75) is 58.5 Å². The molecule has 0 bridgehead atoms. The van der Waals surface area contributed by atoms with Crippen LogP contribution in [0.3, 0.4) is 0 Å². The summed E-state index contributed by atoms with van der Waals surface area (Å²) in [5, 5.41) is 3.63. The number of furan rings is 1. The molecular weight excluding hydrogens is 198 g/mol. The monoisotopic (exact) mass is 221 g/mol. The minimum Gasteiger partial charge on any atom is -0.465 e. The van der Waals surface area contributed by atoms with Crippen molar-refractivity contribution in [1.82, 2.24) is 5.32 Å². The lowest BCUT2D eigenvalue weighted by Gasteiger charge is -2.29. The van der Waals surface area contributed by atoms with Crippen LogP contribution in [-0.2, 0) is 13.0 Å². The Morgan fingerprint density at radius 1 is 1.25 bits per heavy atom. The second-order valence-corrected chi connectivity index (χ2v) is 4.97. The van der Waals surface area contributed by atoms with Gasteiger partial charge in [-0.3, -0.25) is 0 Å². The van der Waals surface area contributed by atoms with E-state index in [0.29, 0.717) is 6.04 Å². The molecule has 2 unspecified atom stereocenters. The van der Waals surface area contributed by atoms with Crippen LogP contribution in [0.2, 0.25) is 0 Å². The molecule has 90 valence electrons. The molecule has 1 aromatic heterocycles. The molecule has 0 amide bonds. The van der Waals surface area contributed by atoms with Gasteiger partial charge in [0.05, 0.1) is 6.54 Å². The smallest absolute Gasteiger partial charge is 0.117 e. The summed E-state index contributed by atoms with van der Waals surface area (Å²) in [4.78, 5) is 0. The molecule has 0 radical (unpaired) electrons. The topological polar surface area (TPSA) is 25.2 Å². The molecule has 1 saturated carbocycles. The summed E-state index contributed by atoms with van der Waals surface area (Å²) in [6.07, 6.45) is 6.46. The molecule has 1 heterocycles. The van der Waals surface area contributed by atoms with E-state index in [-0.39, 0.29) is 0 Å². The fourth-order valence-electron chi connectivity index (χ4n) is 2.56. The first-order chi connectivity index (χ1) is 7.79. The minimum atomic E-state index is 0.684. The van der Waals surface area contributed by atoms with Gasteiger partial charge in [0.25, 0.3) is 0 Å². The van der Waals surface area contributed by atoms with Gasteiger partial charge in [-0.05, 0) is 30.9 Å². The number of hydrogen-bond acceptors (Lipinski definition) is 2. The number of aryl methyl sites for hydroxylation is 1.